The second-order valence-corrected chi connectivity index (χ2v) is 4.33. The fourth-order valence-corrected chi connectivity index (χ4v) is 2.15. The van der Waals surface area contributed by atoms with Gasteiger partial charge in [-0.1, -0.05) is 32.4 Å². The first kappa shape index (κ1) is 13.7. The summed E-state index contributed by atoms with van der Waals surface area (Å²) < 4.78 is 0. The Morgan fingerprint density at radius 1 is 1.35 bits per heavy atom. The van der Waals surface area contributed by atoms with Gasteiger partial charge in [0.1, 0.15) is 12.1 Å². The maximum Gasteiger partial charge on any atom is 0.246 e. The molecule has 1 aliphatic heterocycles. The summed E-state index contributed by atoms with van der Waals surface area (Å²) >= 11 is 0. The van der Waals surface area contributed by atoms with Crippen molar-refractivity contribution in [3.63, 3.8) is 0 Å². The number of amides is 2. The predicted octanol–water partition coefficient (Wildman–Crippen LogP) is 1.47. The van der Waals surface area contributed by atoms with Crippen LogP contribution in [0.4, 0.5) is 0 Å². The Kier molecular flexibility index (Phi) is 5.19. The predicted molar refractivity (Wildman–Crippen MR) is 67.4 cm³/mol. The molecule has 1 N–H and O–H groups in total. The van der Waals surface area contributed by atoms with Gasteiger partial charge in [0, 0.05) is 6.54 Å². The Morgan fingerprint density at radius 3 is 2.59 bits per heavy atom. The van der Waals surface area contributed by atoms with Crippen LogP contribution in [0.25, 0.3) is 0 Å². The molecule has 1 aliphatic rings. The van der Waals surface area contributed by atoms with E-state index < -0.39 is 0 Å². The monoisotopic (exact) mass is 238 g/mol. The molecule has 0 bridgehead atoms. The number of hydrogen-bond acceptors (Lipinski definition) is 2. The van der Waals surface area contributed by atoms with Crippen LogP contribution in [-0.4, -0.2) is 35.3 Å². The second-order valence-electron chi connectivity index (χ2n) is 4.33. The van der Waals surface area contributed by atoms with Crippen molar-refractivity contribution in [3.8, 4) is 0 Å². The van der Waals surface area contributed by atoms with Crippen LogP contribution in [0.5, 0.6) is 0 Å². The minimum Gasteiger partial charge on any atom is -0.343 e. The molecular formula is C13H22N2O2. The number of allylic oxidation sites excluding steroid dienone is 1. The third kappa shape index (κ3) is 3.08. The van der Waals surface area contributed by atoms with E-state index in [0.29, 0.717) is 19.4 Å². The molecule has 0 saturated carbocycles. The van der Waals surface area contributed by atoms with E-state index in [1.165, 1.54) is 0 Å². The van der Waals surface area contributed by atoms with Crippen LogP contribution in [0.15, 0.2) is 12.2 Å². The molecule has 2 amide bonds. The third-order valence-corrected chi connectivity index (χ3v) is 3.08. The van der Waals surface area contributed by atoms with Crippen LogP contribution < -0.4 is 5.32 Å². The van der Waals surface area contributed by atoms with E-state index in [4.69, 9.17) is 0 Å². The highest BCUT2D eigenvalue weighted by molar-refractivity contribution is 5.97. The maximum absolute atomic E-state index is 12.2. The molecule has 1 fully saturated rings. The van der Waals surface area contributed by atoms with Gasteiger partial charge in [-0.15, -0.1) is 0 Å². The van der Waals surface area contributed by atoms with Gasteiger partial charge in [0.05, 0.1) is 0 Å². The van der Waals surface area contributed by atoms with Crippen molar-refractivity contribution >= 4 is 11.8 Å². The van der Waals surface area contributed by atoms with Crippen molar-refractivity contribution in [1.82, 2.24) is 10.2 Å². The Balaban J connectivity index is 2.84. The summed E-state index contributed by atoms with van der Waals surface area (Å²) in [6.07, 6.45) is 6.09. The zero-order valence-corrected chi connectivity index (χ0v) is 10.9. The van der Waals surface area contributed by atoms with Gasteiger partial charge in [0.15, 0.2) is 0 Å². The smallest absolute Gasteiger partial charge is 0.246 e. The van der Waals surface area contributed by atoms with Crippen LogP contribution in [-0.2, 0) is 9.59 Å². The summed E-state index contributed by atoms with van der Waals surface area (Å²) in [5.74, 6) is 0.0338. The summed E-state index contributed by atoms with van der Waals surface area (Å²) in [6.45, 7) is 6.39. The standard InChI is InChI=1S/C13H22N2O2/c1-4-7-9-15-11(6-3)12(16)14-10(8-5-2)13(15)17/h4,7,10-11H,5-6,8-9H2,1-3H3,(H,14,16)/b7-4+. The van der Waals surface area contributed by atoms with Gasteiger partial charge in [-0.2, -0.15) is 0 Å². The molecule has 2 unspecified atom stereocenters. The minimum atomic E-state index is -0.333. The van der Waals surface area contributed by atoms with Crippen LogP contribution in [0.2, 0.25) is 0 Å². The highest BCUT2D eigenvalue weighted by Gasteiger charge is 2.38. The van der Waals surface area contributed by atoms with E-state index in [0.717, 1.165) is 6.42 Å². The first-order chi connectivity index (χ1) is 8.15. The van der Waals surface area contributed by atoms with Crippen molar-refractivity contribution in [2.45, 2.75) is 52.1 Å². The van der Waals surface area contributed by atoms with Crippen LogP contribution in [0.3, 0.4) is 0 Å². The molecule has 1 rings (SSSR count). The lowest BCUT2D eigenvalue weighted by atomic mass is 10.0. The van der Waals surface area contributed by atoms with Crippen molar-refractivity contribution < 1.29 is 9.59 Å². The van der Waals surface area contributed by atoms with Crippen molar-refractivity contribution in [1.29, 1.82) is 0 Å². The van der Waals surface area contributed by atoms with Crippen LogP contribution >= 0.6 is 0 Å². The molecule has 17 heavy (non-hydrogen) atoms. The molecule has 1 saturated heterocycles. The molecule has 0 radical (unpaired) electrons. The van der Waals surface area contributed by atoms with Gasteiger partial charge in [0.25, 0.3) is 0 Å². The Morgan fingerprint density at radius 2 is 2.06 bits per heavy atom. The lowest BCUT2D eigenvalue weighted by Gasteiger charge is -2.38. The van der Waals surface area contributed by atoms with E-state index in [1.54, 1.807) is 4.90 Å². The summed E-state index contributed by atoms with van der Waals surface area (Å²) in [5, 5.41) is 2.82. The van der Waals surface area contributed by atoms with Crippen molar-refractivity contribution in [2.24, 2.45) is 0 Å². The third-order valence-electron chi connectivity index (χ3n) is 3.08. The van der Waals surface area contributed by atoms with E-state index in [2.05, 4.69) is 5.32 Å². The molecule has 0 aromatic carbocycles. The fraction of sp³-hybridized carbons (Fsp3) is 0.692. The summed E-state index contributed by atoms with van der Waals surface area (Å²) in [5.41, 5.74) is 0. The molecule has 0 aromatic rings. The van der Waals surface area contributed by atoms with Gasteiger partial charge in [0.2, 0.25) is 11.8 Å². The second kappa shape index (κ2) is 6.42. The van der Waals surface area contributed by atoms with Gasteiger partial charge < -0.3 is 10.2 Å². The number of nitrogens with one attached hydrogen (secondary N) is 1. The normalized spacial score (nSPS) is 25.5. The number of hydrogen-bond donors (Lipinski definition) is 1. The zero-order valence-electron chi connectivity index (χ0n) is 10.9. The average molecular weight is 238 g/mol. The van der Waals surface area contributed by atoms with Crippen LogP contribution in [0, 0.1) is 0 Å². The van der Waals surface area contributed by atoms with Gasteiger partial charge in [-0.3, -0.25) is 9.59 Å². The first-order valence-corrected chi connectivity index (χ1v) is 6.37. The van der Waals surface area contributed by atoms with Gasteiger partial charge in [-0.05, 0) is 19.8 Å². The Bertz CT molecular complexity index is 313. The zero-order chi connectivity index (χ0) is 12.8. The fourth-order valence-electron chi connectivity index (χ4n) is 2.15. The number of rotatable bonds is 5. The Hall–Kier alpha value is -1.32. The molecular weight excluding hydrogens is 216 g/mol. The molecule has 4 nitrogen and oxygen atoms in total. The topological polar surface area (TPSA) is 49.4 Å². The lowest BCUT2D eigenvalue weighted by Crippen LogP contribution is -2.63. The van der Waals surface area contributed by atoms with Gasteiger partial charge in [-0.25, -0.2) is 0 Å². The molecule has 0 spiro atoms. The number of carbonyl (C=O) groups is 2. The van der Waals surface area contributed by atoms with Gasteiger partial charge >= 0.3 is 0 Å². The van der Waals surface area contributed by atoms with E-state index in [9.17, 15) is 9.59 Å². The Labute approximate surface area is 103 Å². The highest BCUT2D eigenvalue weighted by Crippen LogP contribution is 2.15. The molecule has 96 valence electrons. The summed E-state index contributed by atoms with van der Waals surface area (Å²) in [6, 6.07) is -0.646. The maximum atomic E-state index is 12.2. The largest absolute Gasteiger partial charge is 0.343 e. The highest BCUT2D eigenvalue weighted by atomic mass is 16.2. The molecule has 4 heteroatoms. The van der Waals surface area contributed by atoms with Crippen LogP contribution in [0.1, 0.15) is 40.0 Å². The van der Waals surface area contributed by atoms with Crippen molar-refractivity contribution in [2.75, 3.05) is 6.54 Å². The SMILES string of the molecule is C/C=C/CN1C(=O)C(CCC)NC(=O)C1CC. The lowest BCUT2D eigenvalue weighted by molar-refractivity contribution is -0.149. The molecule has 2 atom stereocenters. The summed E-state index contributed by atoms with van der Waals surface area (Å²) in [4.78, 5) is 25.8. The molecule has 1 heterocycles. The van der Waals surface area contributed by atoms with Crippen molar-refractivity contribution in [3.05, 3.63) is 12.2 Å². The summed E-state index contributed by atoms with van der Waals surface area (Å²) in [7, 11) is 0. The molecule has 0 aliphatic carbocycles. The van der Waals surface area contributed by atoms with E-state index in [-0.39, 0.29) is 23.9 Å². The van der Waals surface area contributed by atoms with E-state index in [1.807, 2.05) is 32.9 Å². The number of carbonyl (C=O) groups excluding carboxylic acids is 2. The average Bonchev–Trinajstić information content (AvgIpc) is 2.31. The number of nitrogens with zero attached hydrogens (tertiary/aromatic N) is 1. The number of piperazine rings is 1. The first-order valence-electron chi connectivity index (χ1n) is 6.37. The quantitative estimate of drug-likeness (QED) is 0.737. The minimum absolute atomic E-state index is 0.0185. The van der Waals surface area contributed by atoms with E-state index >= 15 is 0 Å². The molecule has 0 aromatic heterocycles.